The van der Waals surface area contributed by atoms with Crippen molar-refractivity contribution in [3.05, 3.63) is 63.6 Å². The molecule has 1 amide bonds. The molecule has 0 spiro atoms. The van der Waals surface area contributed by atoms with E-state index in [4.69, 9.17) is 32.7 Å². The molecule has 0 fully saturated rings. The van der Waals surface area contributed by atoms with E-state index < -0.39 is 0 Å². The van der Waals surface area contributed by atoms with Crippen LogP contribution in [-0.4, -0.2) is 31.6 Å². The molecule has 0 saturated carbocycles. The van der Waals surface area contributed by atoms with E-state index in [-0.39, 0.29) is 10.4 Å². The molecule has 0 aromatic heterocycles. The normalized spacial score (nSPS) is 13.0. The third kappa shape index (κ3) is 3.32. The van der Waals surface area contributed by atoms with Gasteiger partial charge in [-0.15, -0.1) is 0 Å². The molecule has 0 unspecified atom stereocenters. The Balaban J connectivity index is 1.84. The second kappa shape index (κ2) is 7.38. The van der Waals surface area contributed by atoms with Gasteiger partial charge in [0.15, 0.2) is 11.5 Å². The highest BCUT2D eigenvalue weighted by molar-refractivity contribution is 6.58. The molecule has 6 heteroatoms. The zero-order chi connectivity index (χ0) is 18.0. The predicted molar refractivity (Wildman–Crippen MR) is 99.4 cm³/mol. The third-order valence-corrected chi connectivity index (χ3v) is 4.54. The van der Waals surface area contributed by atoms with Gasteiger partial charge in [0.2, 0.25) is 0 Å². The molecular weight excluding hydrogens is 361 g/mol. The first-order chi connectivity index (χ1) is 12.1. The lowest BCUT2D eigenvalue weighted by Gasteiger charge is -2.19. The number of hydrogen-bond acceptors (Lipinski definition) is 3. The molecule has 0 saturated heterocycles. The van der Waals surface area contributed by atoms with Crippen molar-refractivity contribution in [1.29, 1.82) is 0 Å². The molecule has 2 aromatic carbocycles. The van der Waals surface area contributed by atoms with Crippen LogP contribution in [0.4, 0.5) is 0 Å². The highest BCUT2D eigenvalue weighted by Crippen LogP contribution is 2.37. The molecule has 2 aromatic rings. The number of amides is 1. The van der Waals surface area contributed by atoms with Crippen molar-refractivity contribution < 1.29 is 14.3 Å². The molecule has 0 aliphatic carbocycles. The van der Waals surface area contributed by atoms with Crippen LogP contribution in [0.25, 0.3) is 5.70 Å². The largest absolute Gasteiger partial charge is 0.493 e. The van der Waals surface area contributed by atoms with Crippen LogP contribution in [0.15, 0.2) is 47.0 Å². The quantitative estimate of drug-likeness (QED) is 0.769. The molecule has 1 aliphatic rings. The summed E-state index contributed by atoms with van der Waals surface area (Å²) in [5.74, 6) is 1.23. The molecule has 0 bridgehead atoms. The van der Waals surface area contributed by atoms with Gasteiger partial charge in [-0.1, -0.05) is 47.5 Å². The average molecular weight is 378 g/mol. The van der Waals surface area contributed by atoms with E-state index >= 15 is 0 Å². The summed E-state index contributed by atoms with van der Waals surface area (Å²) in [5.41, 5.74) is 2.96. The fraction of sp³-hybridized carbons (Fsp3) is 0.211. The maximum Gasteiger partial charge on any atom is 0.259 e. The summed E-state index contributed by atoms with van der Waals surface area (Å²) >= 11 is 12.1. The average Bonchev–Trinajstić information content (AvgIpc) is 2.92. The van der Waals surface area contributed by atoms with Crippen molar-refractivity contribution >= 4 is 34.8 Å². The Morgan fingerprint density at radius 3 is 2.32 bits per heavy atom. The Hall–Kier alpha value is -2.17. The van der Waals surface area contributed by atoms with Crippen molar-refractivity contribution in [2.24, 2.45) is 0 Å². The summed E-state index contributed by atoms with van der Waals surface area (Å²) < 4.78 is 10.7. The predicted octanol–water partition coefficient (Wildman–Crippen LogP) is 4.51. The van der Waals surface area contributed by atoms with E-state index in [9.17, 15) is 4.79 Å². The number of carbonyl (C=O) groups is 1. The molecule has 1 aliphatic heterocycles. The van der Waals surface area contributed by atoms with Gasteiger partial charge < -0.3 is 14.4 Å². The maximum atomic E-state index is 12.7. The third-order valence-electron chi connectivity index (χ3n) is 4.18. The van der Waals surface area contributed by atoms with Crippen molar-refractivity contribution in [2.75, 3.05) is 20.8 Å². The Labute approximate surface area is 156 Å². The van der Waals surface area contributed by atoms with Crippen molar-refractivity contribution in [3.63, 3.8) is 0 Å². The van der Waals surface area contributed by atoms with E-state index in [1.807, 2.05) is 36.4 Å². The van der Waals surface area contributed by atoms with Gasteiger partial charge in [0, 0.05) is 17.7 Å². The standard InChI is InChI=1S/C19H17Cl2NO3/c1-24-15-8-7-12(11-16(15)25-2)9-10-22-17(18(20)21)13-5-3-4-6-14(13)19(22)23/h3-8,11H,9-10H2,1-2H3. The number of fused-ring (bicyclic) bond motifs is 1. The lowest BCUT2D eigenvalue weighted by Crippen LogP contribution is -2.26. The molecule has 0 radical (unpaired) electrons. The molecular formula is C19H17Cl2NO3. The summed E-state index contributed by atoms with van der Waals surface area (Å²) in [7, 11) is 3.19. The number of nitrogens with zero attached hydrogens (tertiary/aromatic N) is 1. The number of hydrogen-bond donors (Lipinski definition) is 0. The van der Waals surface area contributed by atoms with E-state index in [0.717, 1.165) is 11.1 Å². The van der Waals surface area contributed by atoms with E-state index in [1.165, 1.54) is 0 Å². The van der Waals surface area contributed by atoms with E-state index in [0.29, 0.717) is 35.7 Å². The first-order valence-electron chi connectivity index (χ1n) is 7.74. The summed E-state index contributed by atoms with van der Waals surface area (Å²) in [6, 6.07) is 13.0. The minimum Gasteiger partial charge on any atom is -0.493 e. The van der Waals surface area contributed by atoms with Crippen molar-refractivity contribution in [2.45, 2.75) is 6.42 Å². The Kier molecular flexibility index (Phi) is 5.21. The van der Waals surface area contributed by atoms with Gasteiger partial charge in [-0.3, -0.25) is 4.79 Å². The van der Waals surface area contributed by atoms with Crippen LogP contribution in [0, 0.1) is 0 Å². The Bertz CT molecular complexity index is 844. The summed E-state index contributed by atoms with van der Waals surface area (Å²) in [6.07, 6.45) is 0.630. The second-order valence-corrected chi connectivity index (χ2v) is 6.50. The highest BCUT2D eigenvalue weighted by atomic mass is 35.5. The second-order valence-electron chi connectivity index (χ2n) is 5.55. The summed E-state index contributed by atoms with van der Waals surface area (Å²) in [5, 5.41) is 0. The Morgan fingerprint density at radius 1 is 1.00 bits per heavy atom. The minimum atomic E-state index is -0.0927. The van der Waals surface area contributed by atoms with Crippen LogP contribution in [0.1, 0.15) is 21.5 Å². The summed E-state index contributed by atoms with van der Waals surface area (Å²) in [4.78, 5) is 14.3. The highest BCUT2D eigenvalue weighted by Gasteiger charge is 2.33. The maximum absolute atomic E-state index is 12.7. The molecule has 25 heavy (non-hydrogen) atoms. The fourth-order valence-electron chi connectivity index (χ4n) is 2.96. The number of benzene rings is 2. The minimum absolute atomic E-state index is 0.0885. The smallest absolute Gasteiger partial charge is 0.259 e. The first-order valence-corrected chi connectivity index (χ1v) is 8.50. The van der Waals surface area contributed by atoms with Crippen molar-refractivity contribution in [3.8, 4) is 11.5 Å². The monoisotopic (exact) mass is 377 g/mol. The molecule has 0 N–H and O–H groups in total. The Morgan fingerprint density at radius 2 is 1.68 bits per heavy atom. The van der Waals surface area contributed by atoms with Gasteiger partial charge in [-0.25, -0.2) is 0 Å². The number of rotatable bonds is 5. The van der Waals surface area contributed by atoms with E-state index in [2.05, 4.69) is 0 Å². The van der Waals surface area contributed by atoms with Gasteiger partial charge in [-0.05, 0) is 30.2 Å². The topological polar surface area (TPSA) is 38.8 Å². The van der Waals surface area contributed by atoms with Crippen LogP contribution in [0.5, 0.6) is 11.5 Å². The first kappa shape index (κ1) is 17.6. The molecule has 4 nitrogen and oxygen atoms in total. The van der Waals surface area contributed by atoms with Gasteiger partial charge in [0.05, 0.1) is 19.9 Å². The van der Waals surface area contributed by atoms with Crippen LogP contribution in [0.3, 0.4) is 0 Å². The lowest BCUT2D eigenvalue weighted by atomic mass is 10.1. The number of ether oxygens (including phenoxy) is 2. The fourth-order valence-corrected chi connectivity index (χ4v) is 3.37. The van der Waals surface area contributed by atoms with Crippen LogP contribution in [0.2, 0.25) is 0 Å². The molecule has 3 rings (SSSR count). The van der Waals surface area contributed by atoms with Crippen LogP contribution < -0.4 is 9.47 Å². The SMILES string of the molecule is COc1ccc(CCN2C(=O)c3ccccc3C2=C(Cl)Cl)cc1OC. The lowest BCUT2D eigenvalue weighted by molar-refractivity contribution is 0.0851. The molecule has 1 heterocycles. The van der Waals surface area contributed by atoms with Gasteiger partial charge in [-0.2, -0.15) is 0 Å². The number of halogens is 2. The van der Waals surface area contributed by atoms with Crippen LogP contribution >= 0.6 is 23.2 Å². The zero-order valence-corrected chi connectivity index (χ0v) is 15.4. The van der Waals surface area contributed by atoms with E-state index in [1.54, 1.807) is 25.2 Å². The number of carbonyl (C=O) groups excluding carboxylic acids is 1. The zero-order valence-electron chi connectivity index (χ0n) is 13.9. The van der Waals surface area contributed by atoms with Gasteiger partial charge >= 0.3 is 0 Å². The van der Waals surface area contributed by atoms with Crippen LogP contribution in [-0.2, 0) is 6.42 Å². The molecule has 130 valence electrons. The number of methoxy groups -OCH3 is 2. The van der Waals surface area contributed by atoms with Crippen molar-refractivity contribution in [1.82, 2.24) is 4.90 Å². The van der Waals surface area contributed by atoms with Gasteiger partial charge in [0.25, 0.3) is 5.91 Å². The summed E-state index contributed by atoms with van der Waals surface area (Å²) in [6.45, 7) is 0.460. The molecule has 0 atom stereocenters. The van der Waals surface area contributed by atoms with Gasteiger partial charge in [0.1, 0.15) is 4.49 Å².